The summed E-state index contributed by atoms with van der Waals surface area (Å²) in [5, 5.41) is 0. The van der Waals surface area contributed by atoms with Crippen LogP contribution in [0.2, 0.25) is 0 Å². The van der Waals surface area contributed by atoms with Gasteiger partial charge in [-0.05, 0) is 49.3 Å². The van der Waals surface area contributed by atoms with Gasteiger partial charge < -0.3 is 29.4 Å². The summed E-state index contributed by atoms with van der Waals surface area (Å²) in [4.78, 5) is 48.9. The highest BCUT2D eigenvalue weighted by Gasteiger charge is 2.22. The molecule has 1 aromatic rings. The van der Waals surface area contributed by atoms with Crippen LogP contribution in [0.5, 0.6) is 11.5 Å². The lowest BCUT2D eigenvalue weighted by atomic mass is 10.0. The van der Waals surface area contributed by atoms with Gasteiger partial charge in [-0.2, -0.15) is 0 Å². The van der Waals surface area contributed by atoms with Gasteiger partial charge >= 0.3 is 24.1 Å². The van der Waals surface area contributed by atoms with Crippen LogP contribution in [-0.2, 0) is 35.0 Å². The molecular formula is C29H45NO9. The summed E-state index contributed by atoms with van der Waals surface area (Å²) in [6, 6.07) is 3.67. The summed E-state index contributed by atoms with van der Waals surface area (Å²) < 4.78 is 26.2. The molecule has 0 saturated heterocycles. The Hall–Kier alpha value is -3.14. The molecule has 0 aliphatic rings. The van der Waals surface area contributed by atoms with E-state index in [1.165, 1.54) is 12.1 Å². The summed E-state index contributed by atoms with van der Waals surface area (Å²) in [6.45, 7) is 11.5. The number of benzene rings is 1. The molecule has 0 fully saturated rings. The van der Waals surface area contributed by atoms with E-state index in [1.807, 2.05) is 34.6 Å². The summed E-state index contributed by atoms with van der Waals surface area (Å²) in [5.41, 5.74) is 6.62. The van der Waals surface area contributed by atoms with Crippen molar-refractivity contribution in [2.75, 3.05) is 13.2 Å². The van der Waals surface area contributed by atoms with Crippen LogP contribution < -0.4 is 15.2 Å². The molecule has 220 valence electrons. The molecule has 4 atom stereocenters. The maximum Gasteiger partial charge on any atom is 0.508 e. The van der Waals surface area contributed by atoms with Crippen molar-refractivity contribution in [3.63, 3.8) is 0 Å². The fourth-order valence-electron chi connectivity index (χ4n) is 3.21. The van der Waals surface area contributed by atoms with Gasteiger partial charge in [0.05, 0.1) is 6.61 Å². The Morgan fingerprint density at radius 2 is 1.44 bits per heavy atom. The number of ether oxygens (including phenoxy) is 5. The van der Waals surface area contributed by atoms with Crippen LogP contribution in [0.15, 0.2) is 18.2 Å². The second-order valence-electron chi connectivity index (χ2n) is 9.99. The number of rotatable bonds is 17. The first-order valence-corrected chi connectivity index (χ1v) is 13.8. The topological polar surface area (TPSA) is 140 Å². The molecule has 10 heteroatoms. The maximum atomic E-state index is 12.5. The van der Waals surface area contributed by atoms with E-state index < -0.39 is 36.2 Å². The molecule has 2 unspecified atom stereocenters. The van der Waals surface area contributed by atoms with Crippen molar-refractivity contribution in [3.05, 3.63) is 23.8 Å². The first-order valence-electron chi connectivity index (χ1n) is 13.8. The number of carbonyl (C=O) groups excluding carboxylic acids is 4. The third kappa shape index (κ3) is 14.0. The first-order chi connectivity index (χ1) is 18.5. The molecule has 0 heterocycles. The zero-order valence-electron chi connectivity index (χ0n) is 24.2. The monoisotopic (exact) mass is 551 g/mol. The van der Waals surface area contributed by atoms with E-state index in [2.05, 4.69) is 0 Å². The Morgan fingerprint density at radius 1 is 0.846 bits per heavy atom. The predicted molar refractivity (Wildman–Crippen MR) is 145 cm³/mol. The minimum atomic E-state index is -1.03. The minimum Gasteiger partial charge on any atom is -0.461 e. The number of nitrogens with two attached hydrogens (primary N) is 1. The lowest BCUT2D eigenvalue weighted by Crippen LogP contribution is -2.36. The fourth-order valence-corrected chi connectivity index (χ4v) is 3.21. The van der Waals surface area contributed by atoms with Crippen LogP contribution in [0.4, 0.5) is 4.79 Å². The SMILES string of the molecule is CCCCOC(=O)O[C@@H](C)COC(=O)[C@@H](N)Cc1ccc(OC(=O)CC(C)CC)c(OC(=O)CC(C)CC)c1. The molecular weight excluding hydrogens is 506 g/mol. The Labute approximate surface area is 231 Å². The van der Waals surface area contributed by atoms with Crippen molar-refractivity contribution in [1.82, 2.24) is 0 Å². The number of hydrogen-bond donors (Lipinski definition) is 1. The molecule has 10 nitrogen and oxygen atoms in total. The van der Waals surface area contributed by atoms with Gasteiger partial charge in [-0.1, -0.05) is 59.9 Å². The van der Waals surface area contributed by atoms with E-state index in [1.54, 1.807) is 13.0 Å². The van der Waals surface area contributed by atoms with E-state index in [9.17, 15) is 19.2 Å². The van der Waals surface area contributed by atoms with Crippen molar-refractivity contribution in [2.45, 2.75) is 98.6 Å². The Kier molecular flexibility index (Phi) is 15.8. The average molecular weight is 552 g/mol. The highest BCUT2D eigenvalue weighted by atomic mass is 16.7. The van der Waals surface area contributed by atoms with E-state index in [0.717, 1.165) is 25.7 Å². The van der Waals surface area contributed by atoms with Gasteiger partial charge in [0.15, 0.2) is 11.5 Å². The number of unbranched alkanes of at least 4 members (excludes halogenated alkanes) is 1. The lowest BCUT2D eigenvalue weighted by molar-refractivity contribution is -0.148. The zero-order valence-corrected chi connectivity index (χ0v) is 24.2. The van der Waals surface area contributed by atoms with Gasteiger partial charge in [0.25, 0.3) is 0 Å². The molecule has 0 radical (unpaired) electrons. The molecule has 0 bridgehead atoms. The summed E-state index contributed by atoms with van der Waals surface area (Å²) in [6.07, 6.45) is 2.23. The fraction of sp³-hybridized carbons (Fsp3) is 0.655. The standard InChI is InChI=1S/C29H45NO9/c1-7-10-13-35-29(34)37-21(6)18-36-28(33)23(30)16-22-11-12-24(38-26(31)14-19(4)8-2)25(17-22)39-27(32)15-20(5)9-3/h11-12,17,19-21,23H,7-10,13-16,18,30H2,1-6H3/t19?,20?,21-,23-/m0/s1. The van der Waals surface area contributed by atoms with E-state index >= 15 is 0 Å². The quantitative estimate of drug-likeness (QED) is 0.157. The van der Waals surface area contributed by atoms with Crippen LogP contribution in [0.25, 0.3) is 0 Å². The second kappa shape index (κ2) is 18.2. The molecule has 1 rings (SSSR count). The van der Waals surface area contributed by atoms with Crippen molar-refractivity contribution in [2.24, 2.45) is 17.6 Å². The number of hydrogen-bond acceptors (Lipinski definition) is 10. The molecule has 0 aliphatic carbocycles. The third-order valence-corrected chi connectivity index (χ3v) is 6.11. The largest absolute Gasteiger partial charge is 0.508 e. The summed E-state index contributed by atoms with van der Waals surface area (Å²) >= 11 is 0. The van der Waals surface area contributed by atoms with Gasteiger partial charge in [0.2, 0.25) is 0 Å². The van der Waals surface area contributed by atoms with Gasteiger partial charge in [0, 0.05) is 12.8 Å². The minimum absolute atomic E-state index is 0.0736. The van der Waals surface area contributed by atoms with Crippen molar-refractivity contribution < 1.29 is 42.9 Å². The van der Waals surface area contributed by atoms with Crippen molar-refractivity contribution >= 4 is 24.1 Å². The highest BCUT2D eigenvalue weighted by molar-refractivity contribution is 5.77. The lowest BCUT2D eigenvalue weighted by Gasteiger charge is -2.17. The van der Waals surface area contributed by atoms with Crippen molar-refractivity contribution in [1.29, 1.82) is 0 Å². The number of esters is 3. The zero-order chi connectivity index (χ0) is 29.4. The third-order valence-electron chi connectivity index (χ3n) is 6.11. The molecule has 1 aromatic carbocycles. The maximum absolute atomic E-state index is 12.5. The molecule has 39 heavy (non-hydrogen) atoms. The molecule has 2 N–H and O–H groups in total. The molecule has 0 amide bonds. The molecule has 0 saturated carbocycles. The summed E-state index contributed by atoms with van der Waals surface area (Å²) in [7, 11) is 0. The smallest absolute Gasteiger partial charge is 0.461 e. The molecule has 0 aromatic heterocycles. The van der Waals surface area contributed by atoms with Crippen molar-refractivity contribution in [3.8, 4) is 11.5 Å². The number of carbonyl (C=O) groups is 4. The Morgan fingerprint density at radius 3 is 2.00 bits per heavy atom. The normalized spacial score (nSPS) is 13.9. The van der Waals surface area contributed by atoms with Crippen LogP contribution in [-0.4, -0.2) is 49.4 Å². The second-order valence-corrected chi connectivity index (χ2v) is 9.99. The molecule has 0 spiro atoms. The van der Waals surface area contributed by atoms with Gasteiger partial charge in [0.1, 0.15) is 18.8 Å². The predicted octanol–water partition coefficient (Wildman–Crippen LogP) is 5.12. The first kappa shape index (κ1) is 33.9. The van der Waals surface area contributed by atoms with Crippen LogP contribution in [0, 0.1) is 11.8 Å². The van der Waals surface area contributed by atoms with E-state index in [-0.39, 0.29) is 55.8 Å². The van der Waals surface area contributed by atoms with Gasteiger partial charge in [-0.25, -0.2) is 4.79 Å². The van der Waals surface area contributed by atoms with Crippen LogP contribution in [0.3, 0.4) is 0 Å². The Balaban J connectivity index is 2.83. The van der Waals surface area contributed by atoms with Gasteiger partial charge in [-0.3, -0.25) is 14.4 Å². The highest BCUT2D eigenvalue weighted by Crippen LogP contribution is 2.30. The molecule has 0 aliphatic heterocycles. The van der Waals surface area contributed by atoms with Gasteiger partial charge in [-0.15, -0.1) is 0 Å². The van der Waals surface area contributed by atoms with Crippen LogP contribution >= 0.6 is 0 Å². The van der Waals surface area contributed by atoms with E-state index in [0.29, 0.717) is 5.56 Å². The Bertz CT molecular complexity index is 933. The summed E-state index contributed by atoms with van der Waals surface area (Å²) in [5.74, 6) is -1.08. The van der Waals surface area contributed by atoms with E-state index in [4.69, 9.17) is 29.4 Å². The van der Waals surface area contributed by atoms with Crippen LogP contribution in [0.1, 0.15) is 85.6 Å². The average Bonchev–Trinajstić information content (AvgIpc) is 2.88.